The van der Waals surface area contributed by atoms with E-state index in [-0.39, 0.29) is 5.91 Å². The van der Waals surface area contributed by atoms with E-state index in [9.17, 15) is 4.79 Å². The minimum absolute atomic E-state index is 0.253. The van der Waals surface area contributed by atoms with Gasteiger partial charge in [-0.3, -0.25) is 4.79 Å². The Bertz CT molecular complexity index is 676. The van der Waals surface area contributed by atoms with Crippen molar-refractivity contribution in [2.75, 3.05) is 17.2 Å². The number of aromatic nitrogens is 1. The van der Waals surface area contributed by atoms with E-state index in [1.54, 1.807) is 42.6 Å². The number of hydrogen-bond donors (Lipinski definition) is 2. The summed E-state index contributed by atoms with van der Waals surface area (Å²) >= 11 is 0. The van der Waals surface area contributed by atoms with E-state index >= 15 is 0 Å². The number of carbonyl (C=O) groups is 1. The number of pyridine rings is 1. The van der Waals surface area contributed by atoms with Crippen LogP contribution in [0.4, 0.5) is 11.5 Å². The summed E-state index contributed by atoms with van der Waals surface area (Å²) in [5.74, 6) is 0.310. The van der Waals surface area contributed by atoms with Gasteiger partial charge in [0.25, 0.3) is 5.91 Å². The molecule has 2 N–H and O–H groups in total. The predicted molar refractivity (Wildman–Crippen MR) is 82.1 cm³/mol. The Morgan fingerprint density at radius 2 is 2.19 bits per heavy atom. The van der Waals surface area contributed by atoms with Crippen molar-refractivity contribution in [2.24, 2.45) is 0 Å². The summed E-state index contributed by atoms with van der Waals surface area (Å²) in [6.45, 7) is 2.80. The quantitative estimate of drug-likeness (QED) is 0.882. The Labute approximate surface area is 123 Å². The first kappa shape index (κ1) is 14.5. The van der Waals surface area contributed by atoms with Crippen LogP contribution in [0.5, 0.6) is 0 Å². The molecule has 1 heterocycles. The van der Waals surface area contributed by atoms with Crippen LogP contribution in [0.15, 0.2) is 42.6 Å². The van der Waals surface area contributed by atoms with Gasteiger partial charge in [-0.05, 0) is 36.8 Å². The molecule has 2 aromatic rings. The molecule has 0 aliphatic rings. The summed E-state index contributed by atoms with van der Waals surface area (Å²) in [4.78, 5) is 16.5. The molecular weight excluding hydrogens is 264 g/mol. The van der Waals surface area contributed by atoms with Crippen molar-refractivity contribution in [3.8, 4) is 6.07 Å². The first-order chi connectivity index (χ1) is 10.2. The molecule has 0 bridgehead atoms. The Morgan fingerprint density at radius 3 is 2.95 bits per heavy atom. The van der Waals surface area contributed by atoms with Crippen LogP contribution in [0, 0.1) is 11.3 Å². The molecule has 5 nitrogen and oxygen atoms in total. The number of nitrogens with zero attached hydrogens (tertiary/aromatic N) is 2. The first-order valence-electron chi connectivity index (χ1n) is 6.75. The van der Waals surface area contributed by atoms with Crippen LogP contribution in [-0.2, 0) is 0 Å². The number of nitrogens with one attached hydrogen (secondary N) is 2. The highest BCUT2D eigenvalue weighted by Gasteiger charge is 2.12. The fourth-order valence-corrected chi connectivity index (χ4v) is 1.84. The lowest BCUT2D eigenvalue weighted by Crippen LogP contribution is -2.16. The van der Waals surface area contributed by atoms with Gasteiger partial charge in [-0.1, -0.05) is 13.0 Å². The molecule has 0 saturated heterocycles. The second-order valence-electron chi connectivity index (χ2n) is 4.47. The average Bonchev–Trinajstić information content (AvgIpc) is 2.53. The fourth-order valence-electron chi connectivity index (χ4n) is 1.84. The van der Waals surface area contributed by atoms with E-state index in [0.717, 1.165) is 13.0 Å². The summed E-state index contributed by atoms with van der Waals surface area (Å²) < 4.78 is 0. The van der Waals surface area contributed by atoms with Crippen molar-refractivity contribution in [3.63, 3.8) is 0 Å². The zero-order chi connectivity index (χ0) is 15.1. The molecule has 0 aliphatic carbocycles. The van der Waals surface area contributed by atoms with E-state index in [4.69, 9.17) is 5.26 Å². The van der Waals surface area contributed by atoms with Gasteiger partial charge in [-0.25, -0.2) is 4.98 Å². The summed E-state index contributed by atoms with van der Waals surface area (Å²) in [5, 5.41) is 14.8. The second kappa shape index (κ2) is 7.06. The molecule has 1 amide bonds. The molecule has 0 unspecified atom stereocenters. The van der Waals surface area contributed by atoms with Crippen molar-refractivity contribution in [1.82, 2.24) is 4.98 Å². The zero-order valence-corrected chi connectivity index (χ0v) is 11.8. The maximum atomic E-state index is 12.3. The largest absolute Gasteiger partial charge is 0.369 e. The van der Waals surface area contributed by atoms with Gasteiger partial charge < -0.3 is 10.6 Å². The van der Waals surface area contributed by atoms with Crippen LogP contribution < -0.4 is 10.6 Å². The van der Waals surface area contributed by atoms with Crippen LogP contribution in [0.2, 0.25) is 0 Å². The number of anilines is 2. The molecule has 0 aliphatic heterocycles. The van der Waals surface area contributed by atoms with Crippen molar-refractivity contribution in [3.05, 3.63) is 53.7 Å². The van der Waals surface area contributed by atoms with Gasteiger partial charge in [-0.15, -0.1) is 0 Å². The lowest BCUT2D eigenvalue weighted by molar-refractivity contribution is 0.102. The van der Waals surface area contributed by atoms with E-state index in [1.165, 1.54) is 0 Å². The molecule has 5 heteroatoms. The molecule has 0 spiro atoms. The monoisotopic (exact) mass is 280 g/mol. The Balaban J connectivity index is 2.18. The van der Waals surface area contributed by atoms with Gasteiger partial charge in [0.1, 0.15) is 5.82 Å². The lowest BCUT2D eigenvalue weighted by atomic mass is 10.2. The smallest absolute Gasteiger partial charge is 0.259 e. The maximum absolute atomic E-state index is 12.3. The van der Waals surface area contributed by atoms with E-state index in [0.29, 0.717) is 22.6 Å². The predicted octanol–water partition coefficient (Wildman–Crippen LogP) is 3.03. The summed E-state index contributed by atoms with van der Waals surface area (Å²) in [5.41, 5.74) is 1.57. The maximum Gasteiger partial charge on any atom is 0.259 e. The molecule has 1 aromatic heterocycles. The number of nitriles is 1. The molecule has 1 aromatic carbocycles. The Kier molecular flexibility index (Phi) is 4.89. The van der Waals surface area contributed by atoms with Crippen LogP contribution in [-0.4, -0.2) is 17.4 Å². The number of hydrogen-bond acceptors (Lipinski definition) is 4. The summed E-state index contributed by atoms with van der Waals surface area (Å²) in [7, 11) is 0. The van der Waals surface area contributed by atoms with E-state index < -0.39 is 0 Å². The number of carbonyl (C=O) groups excluding carboxylic acids is 1. The van der Waals surface area contributed by atoms with Crippen LogP contribution in [0.1, 0.15) is 29.3 Å². The topological polar surface area (TPSA) is 77.8 Å². The SMILES string of the molecule is CCCNc1ncccc1C(=O)Nc1cccc(C#N)c1. The number of benzene rings is 1. The normalized spacial score (nSPS) is 9.71. The summed E-state index contributed by atoms with van der Waals surface area (Å²) in [6, 6.07) is 12.3. The van der Waals surface area contributed by atoms with Gasteiger partial charge in [0.2, 0.25) is 0 Å². The Morgan fingerprint density at radius 1 is 1.33 bits per heavy atom. The molecule has 0 saturated carbocycles. The van der Waals surface area contributed by atoms with Gasteiger partial charge in [0.05, 0.1) is 17.2 Å². The second-order valence-corrected chi connectivity index (χ2v) is 4.47. The minimum atomic E-state index is -0.253. The third-order valence-electron chi connectivity index (χ3n) is 2.84. The van der Waals surface area contributed by atoms with Gasteiger partial charge in [0.15, 0.2) is 0 Å². The van der Waals surface area contributed by atoms with Crippen LogP contribution >= 0.6 is 0 Å². The van der Waals surface area contributed by atoms with Crippen molar-refractivity contribution in [1.29, 1.82) is 5.26 Å². The summed E-state index contributed by atoms with van der Waals surface area (Å²) in [6.07, 6.45) is 2.59. The number of amides is 1. The first-order valence-corrected chi connectivity index (χ1v) is 6.75. The molecule has 21 heavy (non-hydrogen) atoms. The standard InChI is InChI=1S/C16H16N4O/c1-2-8-18-15-14(7-4-9-19-15)16(21)20-13-6-3-5-12(10-13)11-17/h3-7,9-10H,2,8H2,1H3,(H,18,19)(H,20,21). The minimum Gasteiger partial charge on any atom is -0.369 e. The zero-order valence-electron chi connectivity index (χ0n) is 11.8. The van der Waals surface area contributed by atoms with Crippen molar-refractivity contribution < 1.29 is 4.79 Å². The number of rotatable bonds is 5. The highest BCUT2D eigenvalue weighted by molar-refractivity contribution is 6.07. The van der Waals surface area contributed by atoms with Crippen molar-refractivity contribution >= 4 is 17.4 Å². The lowest BCUT2D eigenvalue weighted by Gasteiger charge is -2.10. The fraction of sp³-hybridized carbons (Fsp3) is 0.188. The third-order valence-corrected chi connectivity index (χ3v) is 2.84. The third kappa shape index (κ3) is 3.80. The Hall–Kier alpha value is -2.87. The van der Waals surface area contributed by atoms with Crippen molar-refractivity contribution in [2.45, 2.75) is 13.3 Å². The molecular formula is C16H16N4O. The highest BCUT2D eigenvalue weighted by Crippen LogP contribution is 2.15. The van der Waals surface area contributed by atoms with Crippen LogP contribution in [0.25, 0.3) is 0 Å². The van der Waals surface area contributed by atoms with E-state index in [2.05, 4.69) is 15.6 Å². The van der Waals surface area contributed by atoms with Crippen LogP contribution in [0.3, 0.4) is 0 Å². The highest BCUT2D eigenvalue weighted by atomic mass is 16.1. The van der Waals surface area contributed by atoms with Gasteiger partial charge in [0, 0.05) is 18.4 Å². The van der Waals surface area contributed by atoms with Gasteiger partial charge in [-0.2, -0.15) is 5.26 Å². The van der Waals surface area contributed by atoms with E-state index in [1.807, 2.05) is 13.0 Å². The molecule has 0 fully saturated rings. The molecule has 106 valence electrons. The molecule has 0 atom stereocenters. The molecule has 0 radical (unpaired) electrons. The molecule has 2 rings (SSSR count). The van der Waals surface area contributed by atoms with Gasteiger partial charge >= 0.3 is 0 Å². The average molecular weight is 280 g/mol.